The zero-order chi connectivity index (χ0) is 44.8. The fourth-order valence-corrected chi connectivity index (χ4v) is 9.40. The van der Waals surface area contributed by atoms with Crippen LogP contribution in [0.4, 0.5) is 0 Å². The van der Waals surface area contributed by atoms with Crippen LogP contribution in [-0.2, 0) is 0 Å². The van der Waals surface area contributed by atoms with E-state index in [2.05, 4.69) is 232 Å². The standard InChI is InChI=1S/C63H43N4/c1-40(2)55-21-11-22-57-60(66-62(67-61(55)57)46-32-26-44(27-33-46)52-35-29-42-13-4-6-15-48(42)37-52)53-18-9-16-49(38-53)50-17-10-19-54(39-50)63-64-58-23-8-7-20-56(58)59(65-63)45-30-24-43(25-31-45)51-34-28-41-12-3-5-14-47(41)36-51/h3-40H,1H2,2H3/q-1. The van der Waals surface area contributed by atoms with Gasteiger partial charge in [-0.05, 0) is 90.8 Å². The van der Waals surface area contributed by atoms with Gasteiger partial charge in [-0.15, -0.1) is 5.92 Å². The van der Waals surface area contributed by atoms with E-state index in [-0.39, 0.29) is 5.92 Å². The van der Waals surface area contributed by atoms with E-state index in [1.54, 1.807) is 0 Å². The van der Waals surface area contributed by atoms with Gasteiger partial charge in [0, 0.05) is 33.0 Å². The van der Waals surface area contributed by atoms with Crippen molar-refractivity contribution in [3.05, 3.63) is 237 Å². The van der Waals surface area contributed by atoms with Gasteiger partial charge in [0.15, 0.2) is 11.6 Å². The molecule has 10 aromatic carbocycles. The minimum Gasteiger partial charge on any atom is -0.336 e. The van der Waals surface area contributed by atoms with Crippen molar-refractivity contribution in [2.45, 2.75) is 12.8 Å². The topological polar surface area (TPSA) is 51.6 Å². The molecule has 2 aromatic heterocycles. The number of para-hydroxylation sites is 2. The van der Waals surface area contributed by atoms with E-state index in [9.17, 15) is 0 Å². The second-order valence-electron chi connectivity index (χ2n) is 17.4. The predicted octanol–water partition coefficient (Wildman–Crippen LogP) is 16.5. The first kappa shape index (κ1) is 40.0. The Labute approximate surface area is 390 Å². The van der Waals surface area contributed by atoms with E-state index >= 15 is 0 Å². The quantitative estimate of drug-likeness (QED) is 0.143. The fraction of sp³-hybridized carbons (Fsp3) is 0.0317. The minimum absolute atomic E-state index is 0.0382. The first-order valence-electron chi connectivity index (χ1n) is 22.8. The SMILES string of the molecule is [CH2-]C(C)c1cccc2c(-c3cccc(-c4cccc(-c5nc(-c6ccc(-c7ccc8ccccc8c7)cc6)c6ccccc6n5)c4)c3)nc(-c3ccc(-c4ccc5ccccc5c4)cc3)nc12. The molecule has 316 valence electrons. The molecule has 1 atom stereocenters. The molecule has 12 aromatic rings. The molecule has 0 bridgehead atoms. The van der Waals surface area contributed by atoms with Crippen LogP contribution in [0.2, 0.25) is 0 Å². The number of hydrogen-bond donors (Lipinski definition) is 0. The molecule has 0 amide bonds. The molecule has 0 fully saturated rings. The van der Waals surface area contributed by atoms with E-state index in [1.807, 2.05) is 6.07 Å². The van der Waals surface area contributed by atoms with Crippen molar-refractivity contribution in [1.29, 1.82) is 0 Å². The van der Waals surface area contributed by atoms with Crippen LogP contribution in [0.3, 0.4) is 0 Å². The molecular weight excluding hydrogens is 813 g/mol. The zero-order valence-electron chi connectivity index (χ0n) is 36.9. The molecule has 4 nitrogen and oxygen atoms in total. The molecule has 12 rings (SSSR count). The molecule has 0 N–H and O–H groups in total. The number of nitrogens with zero attached hydrogens (tertiary/aromatic N) is 4. The number of fused-ring (bicyclic) bond motifs is 4. The van der Waals surface area contributed by atoms with Crippen molar-refractivity contribution in [3.63, 3.8) is 0 Å². The lowest BCUT2D eigenvalue weighted by Gasteiger charge is -2.17. The number of rotatable bonds is 8. The molecule has 1 unspecified atom stereocenters. The van der Waals surface area contributed by atoms with E-state index in [0.717, 1.165) is 83.3 Å². The van der Waals surface area contributed by atoms with E-state index in [4.69, 9.17) is 19.9 Å². The Morgan fingerprint density at radius 2 is 0.761 bits per heavy atom. The highest BCUT2D eigenvalue weighted by Crippen LogP contribution is 2.37. The van der Waals surface area contributed by atoms with Gasteiger partial charge in [-0.3, -0.25) is 0 Å². The average Bonchev–Trinajstić information content (AvgIpc) is 3.40. The van der Waals surface area contributed by atoms with Crippen LogP contribution < -0.4 is 0 Å². The molecule has 4 heteroatoms. The summed E-state index contributed by atoms with van der Waals surface area (Å²) < 4.78 is 0. The highest BCUT2D eigenvalue weighted by molar-refractivity contribution is 5.97. The minimum atomic E-state index is 0.0382. The summed E-state index contributed by atoms with van der Waals surface area (Å²) in [5.41, 5.74) is 15.5. The van der Waals surface area contributed by atoms with Crippen molar-refractivity contribution in [2.24, 2.45) is 0 Å². The van der Waals surface area contributed by atoms with Gasteiger partial charge >= 0.3 is 0 Å². The van der Waals surface area contributed by atoms with Crippen molar-refractivity contribution in [3.8, 4) is 78.7 Å². The largest absolute Gasteiger partial charge is 0.336 e. The molecule has 67 heavy (non-hydrogen) atoms. The summed E-state index contributed by atoms with van der Waals surface area (Å²) in [4.78, 5) is 21.0. The Kier molecular flexibility index (Phi) is 9.99. The molecule has 0 aliphatic rings. The summed E-state index contributed by atoms with van der Waals surface area (Å²) in [7, 11) is 0. The summed E-state index contributed by atoms with van der Waals surface area (Å²) >= 11 is 0. The Balaban J connectivity index is 0.901. The van der Waals surface area contributed by atoms with Gasteiger partial charge in [-0.25, -0.2) is 19.9 Å². The maximum atomic E-state index is 5.34. The number of aromatic nitrogens is 4. The summed E-state index contributed by atoms with van der Waals surface area (Å²) in [6, 6.07) is 79.4. The monoisotopic (exact) mass is 855 g/mol. The molecule has 0 aliphatic carbocycles. The molecule has 0 radical (unpaired) electrons. The first-order valence-corrected chi connectivity index (χ1v) is 22.8. The molecule has 0 saturated carbocycles. The van der Waals surface area contributed by atoms with Gasteiger partial charge in [0.05, 0.1) is 22.4 Å². The van der Waals surface area contributed by atoms with Gasteiger partial charge < -0.3 is 6.92 Å². The lowest BCUT2D eigenvalue weighted by Crippen LogP contribution is -1.99. The smallest absolute Gasteiger partial charge is 0.160 e. The highest BCUT2D eigenvalue weighted by atomic mass is 14.9. The van der Waals surface area contributed by atoms with Gasteiger partial charge in [0.1, 0.15) is 0 Å². The van der Waals surface area contributed by atoms with E-state index in [0.29, 0.717) is 11.6 Å². The fourth-order valence-electron chi connectivity index (χ4n) is 9.40. The number of benzene rings is 10. The summed E-state index contributed by atoms with van der Waals surface area (Å²) in [6.45, 7) is 6.53. The third-order valence-electron chi connectivity index (χ3n) is 12.9. The average molecular weight is 856 g/mol. The normalized spacial score (nSPS) is 12.0. The van der Waals surface area contributed by atoms with Crippen LogP contribution in [0.1, 0.15) is 18.4 Å². The van der Waals surface area contributed by atoms with E-state index in [1.165, 1.54) is 32.7 Å². The Morgan fingerprint density at radius 1 is 0.313 bits per heavy atom. The van der Waals surface area contributed by atoms with Crippen LogP contribution >= 0.6 is 0 Å². The Morgan fingerprint density at radius 3 is 1.40 bits per heavy atom. The lowest BCUT2D eigenvalue weighted by molar-refractivity contribution is 0.970. The van der Waals surface area contributed by atoms with Crippen LogP contribution in [0, 0.1) is 6.92 Å². The maximum Gasteiger partial charge on any atom is 0.160 e. The second kappa shape index (κ2) is 16.8. The first-order chi connectivity index (χ1) is 33.0. The Bertz CT molecular complexity index is 3830. The molecule has 0 spiro atoms. The second-order valence-corrected chi connectivity index (χ2v) is 17.4. The molecular formula is C63H43N4-. The van der Waals surface area contributed by atoms with Gasteiger partial charge in [-0.1, -0.05) is 201 Å². The molecule has 0 saturated heterocycles. The van der Waals surface area contributed by atoms with Crippen molar-refractivity contribution in [2.75, 3.05) is 0 Å². The summed E-state index contributed by atoms with van der Waals surface area (Å²) in [6.07, 6.45) is 0. The predicted molar refractivity (Wildman–Crippen MR) is 279 cm³/mol. The van der Waals surface area contributed by atoms with Crippen molar-refractivity contribution >= 4 is 43.4 Å². The molecule has 2 heterocycles. The lowest BCUT2D eigenvalue weighted by atomic mass is 9.95. The third kappa shape index (κ3) is 7.59. The third-order valence-corrected chi connectivity index (χ3v) is 12.9. The van der Waals surface area contributed by atoms with Gasteiger partial charge in [-0.2, -0.15) is 0 Å². The van der Waals surface area contributed by atoms with Crippen LogP contribution in [-0.4, -0.2) is 19.9 Å². The van der Waals surface area contributed by atoms with Crippen molar-refractivity contribution < 1.29 is 0 Å². The van der Waals surface area contributed by atoms with E-state index < -0.39 is 0 Å². The van der Waals surface area contributed by atoms with Crippen LogP contribution in [0.5, 0.6) is 0 Å². The maximum absolute atomic E-state index is 5.34. The zero-order valence-corrected chi connectivity index (χ0v) is 36.9. The van der Waals surface area contributed by atoms with Crippen molar-refractivity contribution in [1.82, 2.24) is 19.9 Å². The van der Waals surface area contributed by atoms with Gasteiger partial charge in [0.2, 0.25) is 0 Å². The Hall–Kier alpha value is -8.60. The number of hydrogen-bond acceptors (Lipinski definition) is 4. The highest BCUT2D eigenvalue weighted by Gasteiger charge is 2.17. The van der Waals surface area contributed by atoms with Crippen LogP contribution in [0.25, 0.3) is 122 Å². The molecule has 0 aliphatic heterocycles. The van der Waals surface area contributed by atoms with Crippen LogP contribution in [0.15, 0.2) is 224 Å². The summed E-state index contributed by atoms with van der Waals surface area (Å²) in [5, 5.41) is 6.94. The summed E-state index contributed by atoms with van der Waals surface area (Å²) in [5.74, 6) is 1.40. The van der Waals surface area contributed by atoms with Gasteiger partial charge in [0.25, 0.3) is 0 Å².